The summed E-state index contributed by atoms with van der Waals surface area (Å²) in [4.78, 5) is 23.5. The second kappa shape index (κ2) is 8.48. The molecule has 25 heavy (non-hydrogen) atoms. The van der Waals surface area contributed by atoms with Crippen molar-refractivity contribution in [2.45, 2.75) is 59.5 Å². The quantitative estimate of drug-likeness (QED) is 0.739. The molecule has 5 heteroatoms. The molecular weight excluding hydrogens is 316 g/mol. The third-order valence-electron chi connectivity index (χ3n) is 3.79. The van der Waals surface area contributed by atoms with Crippen LogP contribution in [0.5, 0.6) is 0 Å². The molecule has 1 atom stereocenters. The number of nitrogens with one attached hydrogen (secondary N) is 2. The van der Waals surface area contributed by atoms with E-state index in [2.05, 4.69) is 31.4 Å². The number of rotatable bonds is 6. The Kier molecular flexibility index (Phi) is 7.17. The average Bonchev–Trinajstić information content (AvgIpc) is 2.48. The van der Waals surface area contributed by atoms with Gasteiger partial charge < -0.3 is 15.7 Å². The topological polar surface area (TPSA) is 78.4 Å². The summed E-state index contributed by atoms with van der Waals surface area (Å²) in [5.74, 6) is -0.464. The molecule has 3 N–H and O–H groups in total. The predicted molar refractivity (Wildman–Crippen MR) is 100 cm³/mol. The first-order valence-corrected chi connectivity index (χ1v) is 8.70. The van der Waals surface area contributed by atoms with Crippen molar-refractivity contribution in [2.75, 3.05) is 13.1 Å². The first kappa shape index (κ1) is 21.2. The molecule has 5 nitrogen and oxygen atoms in total. The molecule has 2 amide bonds. The monoisotopic (exact) mass is 348 g/mol. The second-order valence-electron chi connectivity index (χ2n) is 8.71. The highest BCUT2D eigenvalue weighted by Gasteiger charge is 2.17. The SMILES string of the molecule is CC(C)(C)CC(=O)NCC(=O)NCC(O)c1ccc(C(C)(C)C)cc1. The number of carbonyl (C=O) groups is 2. The summed E-state index contributed by atoms with van der Waals surface area (Å²) >= 11 is 0. The number of hydrogen-bond acceptors (Lipinski definition) is 3. The average molecular weight is 348 g/mol. The number of carbonyl (C=O) groups excluding carboxylic acids is 2. The molecule has 1 aromatic carbocycles. The summed E-state index contributed by atoms with van der Waals surface area (Å²) in [6.07, 6.45) is -0.411. The van der Waals surface area contributed by atoms with Crippen LogP contribution in [0.15, 0.2) is 24.3 Å². The van der Waals surface area contributed by atoms with Crippen molar-refractivity contribution in [3.8, 4) is 0 Å². The molecule has 0 aromatic heterocycles. The van der Waals surface area contributed by atoms with Crippen LogP contribution in [0.4, 0.5) is 0 Å². The van der Waals surface area contributed by atoms with E-state index in [0.29, 0.717) is 6.42 Å². The Morgan fingerprint density at radius 3 is 2.00 bits per heavy atom. The number of benzene rings is 1. The predicted octanol–water partition coefficient (Wildman–Crippen LogP) is 2.69. The van der Waals surface area contributed by atoms with Crippen LogP contribution in [0.3, 0.4) is 0 Å². The van der Waals surface area contributed by atoms with Crippen LogP contribution in [0.2, 0.25) is 0 Å². The zero-order valence-corrected chi connectivity index (χ0v) is 16.3. The van der Waals surface area contributed by atoms with Crippen LogP contribution in [0, 0.1) is 5.41 Å². The number of aliphatic hydroxyl groups is 1. The van der Waals surface area contributed by atoms with Gasteiger partial charge >= 0.3 is 0 Å². The summed E-state index contributed by atoms with van der Waals surface area (Å²) in [6, 6.07) is 7.74. The normalized spacial score (nSPS) is 13.2. The summed E-state index contributed by atoms with van der Waals surface area (Å²) in [5, 5.41) is 15.4. The molecule has 1 aromatic rings. The van der Waals surface area contributed by atoms with E-state index in [0.717, 1.165) is 5.56 Å². The van der Waals surface area contributed by atoms with Gasteiger partial charge in [-0.25, -0.2) is 0 Å². The van der Waals surface area contributed by atoms with Crippen LogP contribution >= 0.6 is 0 Å². The van der Waals surface area contributed by atoms with Crippen molar-refractivity contribution in [3.63, 3.8) is 0 Å². The Labute approximate surface area is 151 Å². The molecule has 0 fully saturated rings. The van der Waals surface area contributed by atoms with E-state index in [1.807, 2.05) is 45.0 Å². The Morgan fingerprint density at radius 2 is 1.52 bits per heavy atom. The van der Waals surface area contributed by atoms with Crippen LogP contribution in [-0.4, -0.2) is 30.0 Å². The molecule has 1 rings (SSSR count). The standard InChI is InChI=1S/C20H32N2O3/c1-19(2,3)11-17(24)22-13-18(25)21-12-16(23)14-7-9-15(10-8-14)20(4,5)6/h7-10,16,23H,11-13H2,1-6H3,(H,21,25)(H,22,24). The molecule has 0 aliphatic rings. The van der Waals surface area contributed by atoms with Gasteiger partial charge in [0.15, 0.2) is 0 Å². The summed E-state index contributed by atoms with van der Waals surface area (Å²) in [7, 11) is 0. The maximum Gasteiger partial charge on any atom is 0.239 e. The van der Waals surface area contributed by atoms with Crippen LogP contribution in [0.25, 0.3) is 0 Å². The fourth-order valence-corrected chi connectivity index (χ4v) is 2.32. The molecular formula is C20H32N2O3. The van der Waals surface area contributed by atoms with Gasteiger partial charge in [-0.2, -0.15) is 0 Å². The van der Waals surface area contributed by atoms with Gasteiger partial charge in [-0.1, -0.05) is 65.8 Å². The van der Waals surface area contributed by atoms with Crippen molar-refractivity contribution >= 4 is 11.8 Å². The van der Waals surface area contributed by atoms with Gasteiger partial charge in [-0.05, 0) is 22.0 Å². The van der Waals surface area contributed by atoms with E-state index >= 15 is 0 Å². The van der Waals surface area contributed by atoms with Crippen molar-refractivity contribution in [2.24, 2.45) is 5.41 Å². The lowest BCUT2D eigenvalue weighted by Gasteiger charge is -2.20. The highest BCUT2D eigenvalue weighted by atomic mass is 16.3. The van der Waals surface area contributed by atoms with E-state index < -0.39 is 6.10 Å². The molecule has 0 heterocycles. The van der Waals surface area contributed by atoms with Gasteiger partial charge in [0.25, 0.3) is 0 Å². The maximum absolute atomic E-state index is 11.8. The molecule has 140 valence electrons. The van der Waals surface area contributed by atoms with Crippen LogP contribution < -0.4 is 10.6 Å². The fourth-order valence-electron chi connectivity index (χ4n) is 2.32. The molecule has 0 aliphatic heterocycles. The van der Waals surface area contributed by atoms with E-state index in [1.54, 1.807) is 0 Å². The second-order valence-corrected chi connectivity index (χ2v) is 8.71. The smallest absolute Gasteiger partial charge is 0.239 e. The molecule has 0 spiro atoms. The van der Waals surface area contributed by atoms with Gasteiger partial charge in [0.05, 0.1) is 12.6 Å². The minimum atomic E-state index is -0.775. The third kappa shape index (κ3) is 8.16. The Balaban J connectivity index is 2.42. The van der Waals surface area contributed by atoms with Crippen molar-refractivity contribution in [3.05, 3.63) is 35.4 Å². The van der Waals surface area contributed by atoms with Crippen LogP contribution in [0.1, 0.15) is 65.2 Å². The molecule has 1 unspecified atom stereocenters. The van der Waals surface area contributed by atoms with E-state index in [-0.39, 0.29) is 35.7 Å². The highest BCUT2D eigenvalue weighted by molar-refractivity contribution is 5.84. The molecule has 0 bridgehead atoms. The Hall–Kier alpha value is -1.88. The molecule has 0 aliphatic carbocycles. The highest BCUT2D eigenvalue weighted by Crippen LogP contribution is 2.23. The first-order chi connectivity index (χ1) is 11.4. The summed E-state index contributed by atoms with van der Waals surface area (Å²) in [6.45, 7) is 12.3. The Morgan fingerprint density at radius 1 is 0.960 bits per heavy atom. The minimum absolute atomic E-state index is 0.0585. The zero-order valence-electron chi connectivity index (χ0n) is 16.3. The summed E-state index contributed by atoms with van der Waals surface area (Å²) < 4.78 is 0. The lowest BCUT2D eigenvalue weighted by Crippen LogP contribution is -2.39. The minimum Gasteiger partial charge on any atom is -0.387 e. The zero-order chi connectivity index (χ0) is 19.3. The van der Waals surface area contributed by atoms with Gasteiger partial charge in [0, 0.05) is 13.0 Å². The van der Waals surface area contributed by atoms with Crippen molar-refractivity contribution < 1.29 is 14.7 Å². The van der Waals surface area contributed by atoms with Gasteiger partial charge in [-0.15, -0.1) is 0 Å². The lowest BCUT2D eigenvalue weighted by atomic mass is 9.86. The molecule has 0 saturated carbocycles. The first-order valence-electron chi connectivity index (χ1n) is 8.70. The van der Waals surface area contributed by atoms with Gasteiger partial charge in [-0.3, -0.25) is 9.59 Å². The number of aliphatic hydroxyl groups excluding tert-OH is 1. The molecule has 0 radical (unpaired) electrons. The summed E-state index contributed by atoms with van der Waals surface area (Å²) in [5.41, 5.74) is 1.89. The lowest BCUT2D eigenvalue weighted by molar-refractivity contribution is -0.127. The largest absolute Gasteiger partial charge is 0.387 e. The number of hydrogen-bond donors (Lipinski definition) is 3. The third-order valence-corrected chi connectivity index (χ3v) is 3.79. The maximum atomic E-state index is 11.8. The molecule has 0 saturated heterocycles. The van der Waals surface area contributed by atoms with E-state index in [4.69, 9.17) is 0 Å². The Bertz CT molecular complexity index is 580. The van der Waals surface area contributed by atoms with Crippen molar-refractivity contribution in [1.82, 2.24) is 10.6 Å². The van der Waals surface area contributed by atoms with Crippen molar-refractivity contribution in [1.29, 1.82) is 0 Å². The van der Waals surface area contributed by atoms with E-state index in [9.17, 15) is 14.7 Å². The number of amides is 2. The fraction of sp³-hybridized carbons (Fsp3) is 0.600. The van der Waals surface area contributed by atoms with E-state index in [1.165, 1.54) is 5.56 Å². The van der Waals surface area contributed by atoms with Gasteiger partial charge in [0.2, 0.25) is 11.8 Å². The van der Waals surface area contributed by atoms with Gasteiger partial charge in [0.1, 0.15) is 0 Å². The van der Waals surface area contributed by atoms with Crippen LogP contribution in [-0.2, 0) is 15.0 Å².